The molecule has 0 aromatic heterocycles. The van der Waals surface area contributed by atoms with Crippen molar-refractivity contribution in [1.82, 2.24) is 0 Å². The molecule has 0 spiro atoms. The van der Waals surface area contributed by atoms with Gasteiger partial charge >= 0.3 is 5.97 Å². The Morgan fingerprint density at radius 2 is 1.79 bits per heavy atom. The molecule has 1 unspecified atom stereocenters. The highest BCUT2D eigenvalue weighted by atomic mass is 19.1. The Morgan fingerprint density at radius 3 is 2.42 bits per heavy atom. The highest BCUT2D eigenvalue weighted by Crippen LogP contribution is 2.31. The number of benzene rings is 2. The van der Waals surface area contributed by atoms with Crippen LogP contribution in [0.3, 0.4) is 0 Å². The first-order valence-electron chi connectivity index (χ1n) is 6.28. The third-order valence-corrected chi connectivity index (χ3v) is 3.35. The van der Waals surface area contributed by atoms with Gasteiger partial charge in [0.05, 0.1) is 0 Å². The third-order valence-electron chi connectivity index (χ3n) is 3.35. The van der Waals surface area contributed by atoms with E-state index in [0.717, 1.165) is 17.5 Å². The Hall–Kier alpha value is -2.16. The summed E-state index contributed by atoms with van der Waals surface area (Å²) in [7, 11) is 0. The van der Waals surface area contributed by atoms with E-state index >= 15 is 0 Å². The van der Waals surface area contributed by atoms with Crippen LogP contribution in [0.25, 0.3) is 11.1 Å². The zero-order valence-corrected chi connectivity index (χ0v) is 10.3. The van der Waals surface area contributed by atoms with E-state index in [2.05, 4.69) is 0 Å². The van der Waals surface area contributed by atoms with Crippen LogP contribution in [0.15, 0.2) is 48.5 Å². The van der Waals surface area contributed by atoms with Crippen LogP contribution in [0.5, 0.6) is 0 Å². The van der Waals surface area contributed by atoms with Crippen LogP contribution in [-0.2, 0) is 9.53 Å². The van der Waals surface area contributed by atoms with Crippen LogP contribution in [0.4, 0.5) is 4.39 Å². The topological polar surface area (TPSA) is 26.3 Å². The second kappa shape index (κ2) is 4.84. The Balaban J connectivity index is 1.87. The van der Waals surface area contributed by atoms with Gasteiger partial charge < -0.3 is 4.74 Å². The van der Waals surface area contributed by atoms with Crippen LogP contribution < -0.4 is 0 Å². The summed E-state index contributed by atoms with van der Waals surface area (Å²) < 4.78 is 18.9. The van der Waals surface area contributed by atoms with Crippen molar-refractivity contribution in [2.24, 2.45) is 0 Å². The van der Waals surface area contributed by atoms with Crippen molar-refractivity contribution in [3.05, 3.63) is 59.9 Å². The first-order valence-corrected chi connectivity index (χ1v) is 6.28. The quantitative estimate of drug-likeness (QED) is 0.762. The number of halogens is 1. The van der Waals surface area contributed by atoms with Crippen molar-refractivity contribution in [3.8, 4) is 11.1 Å². The van der Waals surface area contributed by atoms with Crippen molar-refractivity contribution in [3.63, 3.8) is 0 Å². The fraction of sp³-hybridized carbons (Fsp3) is 0.188. The zero-order valence-electron chi connectivity index (χ0n) is 10.3. The van der Waals surface area contributed by atoms with Gasteiger partial charge in [-0.3, -0.25) is 4.79 Å². The van der Waals surface area contributed by atoms with E-state index in [1.165, 1.54) is 6.07 Å². The van der Waals surface area contributed by atoms with E-state index in [9.17, 15) is 9.18 Å². The molecule has 1 atom stereocenters. The Bertz CT molecular complexity index is 604. The minimum Gasteiger partial charge on any atom is -0.457 e. The van der Waals surface area contributed by atoms with Crippen LogP contribution in [-0.4, -0.2) is 5.97 Å². The predicted molar refractivity (Wildman–Crippen MR) is 69.9 cm³/mol. The first-order chi connectivity index (χ1) is 9.24. The number of hydrogen-bond acceptors (Lipinski definition) is 2. The molecule has 0 N–H and O–H groups in total. The van der Waals surface area contributed by atoms with E-state index in [0.29, 0.717) is 12.0 Å². The van der Waals surface area contributed by atoms with Crippen molar-refractivity contribution >= 4 is 5.97 Å². The van der Waals surface area contributed by atoms with Gasteiger partial charge in [0.2, 0.25) is 0 Å². The Kier molecular flexibility index (Phi) is 3.03. The second-order valence-electron chi connectivity index (χ2n) is 4.62. The highest BCUT2D eigenvalue weighted by molar-refractivity contribution is 5.72. The van der Waals surface area contributed by atoms with E-state index in [-0.39, 0.29) is 17.9 Å². The summed E-state index contributed by atoms with van der Waals surface area (Å²) >= 11 is 0. The Labute approximate surface area is 110 Å². The summed E-state index contributed by atoms with van der Waals surface area (Å²) in [6.07, 6.45) is 1.04. The van der Waals surface area contributed by atoms with Gasteiger partial charge in [0.1, 0.15) is 11.9 Å². The van der Waals surface area contributed by atoms with Gasteiger partial charge in [-0.25, -0.2) is 4.39 Å². The molecule has 2 aromatic rings. The van der Waals surface area contributed by atoms with E-state index in [1.54, 1.807) is 12.1 Å². The molecule has 96 valence electrons. The molecule has 0 amide bonds. The average Bonchev–Trinajstić information content (AvgIpc) is 2.86. The van der Waals surface area contributed by atoms with Gasteiger partial charge in [0, 0.05) is 12.0 Å². The minimum absolute atomic E-state index is 0.150. The Morgan fingerprint density at radius 1 is 1.05 bits per heavy atom. The standard InChI is InChI=1S/C16H13FO2/c17-14-4-2-1-3-13(14)11-5-7-12(8-6-11)15-9-10-16(18)19-15/h1-8,15H,9-10H2. The van der Waals surface area contributed by atoms with E-state index in [4.69, 9.17) is 4.74 Å². The van der Waals surface area contributed by atoms with Crippen molar-refractivity contribution in [2.45, 2.75) is 18.9 Å². The fourth-order valence-corrected chi connectivity index (χ4v) is 2.33. The molecule has 2 nitrogen and oxygen atoms in total. The fourth-order valence-electron chi connectivity index (χ4n) is 2.33. The summed E-state index contributed by atoms with van der Waals surface area (Å²) in [6, 6.07) is 14.2. The number of hydrogen-bond donors (Lipinski definition) is 0. The molecule has 1 aliphatic heterocycles. The lowest BCUT2D eigenvalue weighted by atomic mass is 10.0. The minimum atomic E-state index is -0.234. The van der Waals surface area contributed by atoms with Gasteiger partial charge in [0.15, 0.2) is 0 Å². The van der Waals surface area contributed by atoms with E-state index in [1.807, 2.05) is 30.3 Å². The number of cyclic esters (lactones) is 1. The molecular weight excluding hydrogens is 243 g/mol. The monoisotopic (exact) mass is 256 g/mol. The van der Waals surface area contributed by atoms with Crippen molar-refractivity contribution in [2.75, 3.05) is 0 Å². The largest absolute Gasteiger partial charge is 0.457 e. The second-order valence-corrected chi connectivity index (χ2v) is 4.62. The summed E-state index contributed by atoms with van der Waals surface area (Å²) in [4.78, 5) is 11.1. The molecule has 1 saturated heterocycles. The normalized spacial score (nSPS) is 18.4. The maximum Gasteiger partial charge on any atom is 0.306 e. The van der Waals surface area contributed by atoms with Crippen molar-refractivity contribution in [1.29, 1.82) is 0 Å². The van der Waals surface area contributed by atoms with Crippen molar-refractivity contribution < 1.29 is 13.9 Å². The van der Waals surface area contributed by atoms with Gasteiger partial charge in [-0.15, -0.1) is 0 Å². The van der Waals surface area contributed by atoms with Crippen LogP contribution in [0, 0.1) is 5.82 Å². The lowest BCUT2D eigenvalue weighted by Crippen LogP contribution is -1.98. The summed E-state index contributed by atoms with van der Waals surface area (Å²) in [5.74, 6) is -0.384. The average molecular weight is 256 g/mol. The van der Waals surface area contributed by atoms with Crippen LogP contribution in [0.2, 0.25) is 0 Å². The molecule has 0 bridgehead atoms. The molecule has 2 aromatic carbocycles. The van der Waals surface area contributed by atoms with Crippen LogP contribution >= 0.6 is 0 Å². The smallest absolute Gasteiger partial charge is 0.306 e. The molecule has 1 aliphatic rings. The first kappa shape index (κ1) is 11.9. The van der Waals surface area contributed by atoms with Gasteiger partial charge in [-0.05, 0) is 23.6 Å². The lowest BCUT2D eigenvalue weighted by molar-refractivity contribution is -0.141. The summed E-state index contributed by atoms with van der Waals surface area (Å²) in [5.41, 5.74) is 2.37. The number of esters is 1. The molecular formula is C16H13FO2. The number of ether oxygens (including phenoxy) is 1. The molecule has 1 heterocycles. The van der Waals surface area contributed by atoms with E-state index < -0.39 is 0 Å². The summed E-state index contributed by atoms with van der Waals surface area (Å²) in [6.45, 7) is 0. The molecule has 0 radical (unpaired) electrons. The maximum absolute atomic E-state index is 13.7. The molecule has 1 fully saturated rings. The zero-order chi connectivity index (χ0) is 13.2. The van der Waals surface area contributed by atoms with Gasteiger partial charge in [-0.1, -0.05) is 42.5 Å². The SMILES string of the molecule is O=C1CCC(c2ccc(-c3ccccc3F)cc2)O1. The molecule has 3 heteroatoms. The van der Waals surface area contributed by atoms with Gasteiger partial charge in [0.25, 0.3) is 0 Å². The lowest BCUT2D eigenvalue weighted by Gasteiger charge is -2.10. The molecule has 3 rings (SSSR count). The molecule has 0 saturated carbocycles. The molecule has 0 aliphatic carbocycles. The summed E-state index contributed by atoms with van der Waals surface area (Å²) in [5, 5.41) is 0. The predicted octanol–water partition coefficient (Wildman–Crippen LogP) is 3.87. The van der Waals surface area contributed by atoms with Crippen LogP contribution in [0.1, 0.15) is 24.5 Å². The third kappa shape index (κ3) is 2.36. The maximum atomic E-state index is 13.7. The molecule has 19 heavy (non-hydrogen) atoms. The number of carbonyl (C=O) groups excluding carboxylic acids is 1. The highest BCUT2D eigenvalue weighted by Gasteiger charge is 2.24. The number of rotatable bonds is 2. The van der Waals surface area contributed by atoms with Gasteiger partial charge in [-0.2, -0.15) is 0 Å². The number of carbonyl (C=O) groups is 1.